The highest BCUT2D eigenvalue weighted by molar-refractivity contribution is 6.72. The number of hydrogen-bond donors (Lipinski definition) is 3. The van der Waals surface area contributed by atoms with Gasteiger partial charge in [-0.15, -0.1) is 0 Å². The third-order valence-corrected chi connectivity index (χ3v) is 12.1. The highest BCUT2D eigenvalue weighted by Crippen LogP contribution is 2.60. The van der Waals surface area contributed by atoms with Crippen molar-refractivity contribution in [1.29, 1.82) is 0 Å². The summed E-state index contributed by atoms with van der Waals surface area (Å²) in [6, 6.07) is 14.5. The molecule has 0 aromatic heterocycles. The van der Waals surface area contributed by atoms with Gasteiger partial charge in [-0.3, -0.25) is 14.4 Å². The Morgan fingerprint density at radius 1 is 1.14 bits per heavy atom. The van der Waals surface area contributed by atoms with Gasteiger partial charge in [-0.1, -0.05) is 60.6 Å². The third-order valence-electron chi connectivity index (χ3n) is 9.64. The van der Waals surface area contributed by atoms with Gasteiger partial charge in [-0.25, -0.2) is 0 Å². The first-order chi connectivity index (χ1) is 23.1. The van der Waals surface area contributed by atoms with Crippen molar-refractivity contribution in [3.05, 3.63) is 83.0 Å². The number of amides is 3. The molecule has 2 aromatic carbocycles. The van der Waals surface area contributed by atoms with Gasteiger partial charge in [-0.2, -0.15) is 0 Å². The van der Waals surface area contributed by atoms with E-state index in [9.17, 15) is 24.6 Å². The molecule has 0 bridgehead atoms. The number of carbonyl (C=O) groups excluding carboxylic acids is 3. The molecule has 2 heterocycles. The number of carbonyl (C=O) groups is 3. The fraction of sp³-hybridized carbons (Fsp3) is 0.500. The summed E-state index contributed by atoms with van der Waals surface area (Å²) < 4.78 is 23.2. The van der Waals surface area contributed by atoms with Gasteiger partial charge in [0, 0.05) is 42.3 Å². The van der Waals surface area contributed by atoms with Crippen LogP contribution in [-0.2, 0) is 31.3 Å². The Balaban J connectivity index is 1.74. The van der Waals surface area contributed by atoms with Crippen LogP contribution in [0.5, 0.6) is 0 Å². The Morgan fingerprint density at radius 3 is 2.45 bits per heavy atom. The lowest BCUT2D eigenvalue weighted by atomic mass is 9.82. The fourth-order valence-corrected chi connectivity index (χ4v) is 9.70. The van der Waals surface area contributed by atoms with E-state index in [1.165, 1.54) is 12.5 Å². The van der Waals surface area contributed by atoms with Gasteiger partial charge in [-0.05, 0) is 77.4 Å². The van der Waals surface area contributed by atoms with E-state index in [2.05, 4.69) is 25.2 Å². The second-order valence-electron chi connectivity index (χ2n) is 14.2. The Labute approximate surface area is 291 Å². The van der Waals surface area contributed by atoms with Crippen LogP contribution in [-0.4, -0.2) is 73.1 Å². The molecule has 0 saturated carbocycles. The van der Waals surface area contributed by atoms with E-state index < -0.39 is 43.6 Å². The van der Waals surface area contributed by atoms with Gasteiger partial charge in [0.2, 0.25) is 14.3 Å². The number of hydrogen-bond acceptors (Lipinski definition) is 6. The summed E-state index contributed by atoms with van der Waals surface area (Å²) in [5, 5.41) is 22.3. The summed E-state index contributed by atoms with van der Waals surface area (Å²) >= 11 is 0. The summed E-state index contributed by atoms with van der Waals surface area (Å²) in [4.78, 5) is 44.2. The van der Waals surface area contributed by atoms with Crippen LogP contribution in [0.15, 0.2) is 71.8 Å². The molecule has 49 heavy (non-hydrogen) atoms. The Hall–Kier alpha value is -3.64. The van der Waals surface area contributed by atoms with Crippen LogP contribution in [0.1, 0.15) is 65.0 Å². The van der Waals surface area contributed by atoms with Crippen molar-refractivity contribution in [2.75, 3.05) is 29.9 Å². The van der Waals surface area contributed by atoms with Crippen LogP contribution in [0.25, 0.3) is 0 Å². The molecule has 3 N–H and O–H groups in total. The van der Waals surface area contributed by atoms with Crippen molar-refractivity contribution in [3.8, 4) is 0 Å². The van der Waals surface area contributed by atoms with Crippen molar-refractivity contribution in [2.45, 2.75) is 96.9 Å². The zero-order chi connectivity index (χ0) is 36.1. The van der Waals surface area contributed by atoms with E-state index in [1.807, 2.05) is 50.3 Å². The number of fused-ring (bicyclic) bond motifs is 2. The first-order valence-electron chi connectivity index (χ1n) is 17.1. The van der Waals surface area contributed by atoms with Crippen molar-refractivity contribution >= 4 is 37.5 Å². The molecular weight excluding hydrogens is 642 g/mol. The van der Waals surface area contributed by atoms with Crippen molar-refractivity contribution in [3.63, 3.8) is 0 Å². The van der Waals surface area contributed by atoms with Gasteiger partial charge >= 0.3 is 0 Å². The minimum Gasteiger partial charge on any atom is -0.395 e. The van der Waals surface area contributed by atoms with E-state index in [0.29, 0.717) is 16.9 Å². The standard InChI is InChI=1S/C38H52FN3O6Si/c1-25(2)12-11-13-26(3)18-19-42-32-17-16-30(40-36(46)28(5)44)22-31(32)38(37(42)47)27(4)35(49(6,7)39)33(48-38)23-34(45)41(20-21-43)24-29-14-9-8-10-15-29/h8-10,12,14-18,22,27-28,33,35,43-44H,11,13,19-21,23-24H2,1-7H3,(H,40,46)/b26-18+/t27-,28-,33+,35-,38+/m0/s1. The van der Waals surface area contributed by atoms with E-state index in [4.69, 9.17) is 4.74 Å². The van der Waals surface area contributed by atoms with Crippen LogP contribution >= 0.6 is 0 Å². The smallest absolute Gasteiger partial charge is 0.264 e. The number of halogens is 1. The SMILES string of the molecule is CC(C)=CCC/C(C)=C/CN1C(=O)[C@]2(O[C@H](CC(=O)N(CCO)Cc3ccccc3)[C@@H]([Si](C)(C)F)[C@@H]2C)c2cc(NC(=O)[C@H](C)O)ccc21. The molecule has 2 aliphatic rings. The lowest BCUT2D eigenvalue weighted by Gasteiger charge is -2.31. The molecule has 2 aromatic rings. The Bertz CT molecular complexity index is 1570. The number of allylic oxidation sites excluding steroid dienone is 3. The second-order valence-corrected chi connectivity index (χ2v) is 18.0. The molecule has 4 rings (SSSR count). The number of rotatable bonds is 14. The van der Waals surface area contributed by atoms with E-state index in [1.54, 1.807) is 41.1 Å². The van der Waals surface area contributed by atoms with E-state index in [0.717, 1.165) is 24.0 Å². The number of ether oxygens (including phenoxy) is 1. The number of anilines is 2. The topological polar surface area (TPSA) is 119 Å². The number of aliphatic hydroxyl groups is 2. The molecule has 0 radical (unpaired) electrons. The summed E-state index contributed by atoms with van der Waals surface area (Å²) in [5.74, 6) is -1.88. The first kappa shape index (κ1) is 38.2. The largest absolute Gasteiger partial charge is 0.395 e. The van der Waals surface area contributed by atoms with Crippen LogP contribution in [0.4, 0.5) is 15.5 Å². The van der Waals surface area contributed by atoms with Crippen molar-refractivity contribution in [2.24, 2.45) is 5.92 Å². The van der Waals surface area contributed by atoms with Crippen molar-refractivity contribution < 1.29 is 33.4 Å². The molecule has 266 valence electrons. The number of aliphatic hydroxyl groups excluding tert-OH is 2. The predicted molar refractivity (Wildman–Crippen MR) is 193 cm³/mol. The Morgan fingerprint density at radius 2 is 1.84 bits per heavy atom. The number of nitrogens with one attached hydrogen (secondary N) is 1. The quantitative estimate of drug-likeness (QED) is 0.123. The zero-order valence-corrected chi connectivity index (χ0v) is 30.8. The van der Waals surface area contributed by atoms with Gasteiger partial charge in [0.1, 0.15) is 6.10 Å². The average Bonchev–Trinajstić information content (AvgIpc) is 3.45. The van der Waals surface area contributed by atoms with Crippen LogP contribution < -0.4 is 10.2 Å². The van der Waals surface area contributed by atoms with Gasteiger partial charge in [0.25, 0.3) is 11.8 Å². The maximum atomic E-state index is 16.4. The first-order valence-corrected chi connectivity index (χ1v) is 20.1. The molecule has 5 atom stereocenters. The molecular formula is C38H52FN3O6Si. The van der Waals surface area contributed by atoms with Crippen LogP contribution in [0.2, 0.25) is 18.6 Å². The molecule has 2 aliphatic heterocycles. The van der Waals surface area contributed by atoms with Gasteiger partial charge < -0.3 is 34.2 Å². The molecule has 11 heteroatoms. The molecule has 1 saturated heterocycles. The molecule has 1 spiro atoms. The molecule has 0 aliphatic carbocycles. The van der Waals surface area contributed by atoms with E-state index >= 15 is 4.11 Å². The molecule has 9 nitrogen and oxygen atoms in total. The Kier molecular flexibility index (Phi) is 12.4. The average molecular weight is 694 g/mol. The lowest BCUT2D eigenvalue weighted by Crippen LogP contribution is -2.45. The molecule has 3 amide bonds. The highest BCUT2D eigenvalue weighted by Gasteiger charge is 2.67. The minimum atomic E-state index is -3.56. The number of benzene rings is 2. The summed E-state index contributed by atoms with van der Waals surface area (Å²) in [7, 11) is -3.56. The minimum absolute atomic E-state index is 0.101. The molecule has 0 unspecified atom stereocenters. The van der Waals surface area contributed by atoms with Gasteiger partial charge in [0.15, 0.2) is 5.60 Å². The van der Waals surface area contributed by atoms with Crippen LogP contribution in [0, 0.1) is 5.92 Å². The maximum absolute atomic E-state index is 16.4. The summed E-state index contributed by atoms with van der Waals surface area (Å²) in [6.07, 6.45) is 3.60. The predicted octanol–water partition coefficient (Wildman–Crippen LogP) is 6.23. The molecule has 1 fully saturated rings. The third kappa shape index (κ3) is 8.57. The second kappa shape index (κ2) is 15.9. The summed E-state index contributed by atoms with van der Waals surface area (Å²) in [5.41, 5.74) is 2.41. The highest BCUT2D eigenvalue weighted by atomic mass is 28.4. The van der Waals surface area contributed by atoms with Gasteiger partial charge in [0.05, 0.1) is 24.8 Å². The monoisotopic (exact) mass is 693 g/mol. The number of nitrogens with zero attached hydrogens (tertiary/aromatic N) is 2. The van der Waals surface area contributed by atoms with E-state index in [-0.39, 0.29) is 44.5 Å². The fourth-order valence-electron chi connectivity index (χ4n) is 7.21. The normalized spacial score (nSPS) is 22.7. The summed E-state index contributed by atoms with van der Waals surface area (Å²) in [6.45, 7) is 12.9. The lowest BCUT2D eigenvalue weighted by molar-refractivity contribution is -0.149. The zero-order valence-electron chi connectivity index (χ0n) is 29.8. The van der Waals surface area contributed by atoms with Crippen LogP contribution in [0.3, 0.4) is 0 Å². The maximum Gasteiger partial charge on any atom is 0.264 e. The van der Waals surface area contributed by atoms with Crippen molar-refractivity contribution in [1.82, 2.24) is 4.90 Å².